The second-order valence-corrected chi connectivity index (χ2v) is 9.67. The molecule has 0 bridgehead atoms. The van der Waals surface area contributed by atoms with Crippen LogP contribution in [0.2, 0.25) is 0 Å². The minimum atomic E-state index is -9.45. The molecule has 0 aliphatic carbocycles. The number of hydrogen-bond donors (Lipinski definition) is 1. The zero-order valence-corrected chi connectivity index (χ0v) is 24.2. The van der Waals surface area contributed by atoms with Crippen LogP contribution in [0.5, 0.6) is 0 Å². The Morgan fingerprint density at radius 2 is 0.962 bits per heavy atom. The maximum Gasteiger partial charge on any atom is 0.460 e. The Bertz CT molecular complexity index is 1680. The van der Waals surface area contributed by atoms with Crippen molar-refractivity contribution in [3.8, 4) is 0 Å². The number of rotatable bonds is 14. The Kier molecular flexibility index (Phi) is 11.8. The molecule has 8 nitrogen and oxygen atoms in total. The van der Waals surface area contributed by atoms with E-state index in [2.05, 4.69) is 14.7 Å². The van der Waals surface area contributed by atoms with Crippen molar-refractivity contribution in [2.24, 2.45) is 9.98 Å². The van der Waals surface area contributed by atoms with Gasteiger partial charge in [-0.3, -0.25) is 9.59 Å². The first-order chi connectivity index (χ1) is 22.9. The number of nitrogens with zero attached hydrogens (tertiary/aromatic N) is 2. The lowest BCUT2D eigenvalue weighted by Gasteiger charge is -2.44. The highest BCUT2D eigenvalue weighted by molar-refractivity contribution is 5.99. The van der Waals surface area contributed by atoms with Gasteiger partial charge in [-0.15, -0.1) is 0 Å². The molecule has 0 radical (unpaired) electrons. The monoisotopic (exact) mass is 807 g/mol. The lowest BCUT2D eigenvalue weighted by atomic mass is 9.83. The highest BCUT2D eigenvalue weighted by atomic mass is 19.4. The molecule has 0 spiro atoms. The van der Waals surface area contributed by atoms with E-state index in [0.29, 0.717) is 19.9 Å². The molecule has 0 aliphatic heterocycles. The van der Waals surface area contributed by atoms with Crippen LogP contribution in [0.3, 0.4) is 0 Å². The Morgan fingerprint density at radius 3 is 1.31 bits per heavy atom. The van der Waals surface area contributed by atoms with Crippen LogP contribution in [-0.4, -0.2) is 84.3 Å². The van der Waals surface area contributed by atoms with E-state index < -0.39 is 106 Å². The molecule has 0 saturated heterocycles. The first-order valence-electron chi connectivity index (χ1n) is 12.1. The number of esters is 1. The third kappa shape index (κ3) is 6.40. The number of amides is 1. The molecule has 294 valence electrons. The smallest absolute Gasteiger partial charge is 0.445 e. The predicted octanol–water partition coefficient (Wildman–Crippen LogP) is 7.92. The van der Waals surface area contributed by atoms with E-state index >= 15 is 8.78 Å². The first-order valence-corrected chi connectivity index (χ1v) is 12.1. The maximum atomic E-state index is 15.5. The molecular weight excluding hydrogens is 797 g/mol. The highest BCUT2D eigenvalue weighted by Gasteiger charge is 2.98. The number of isocyanates is 2. The van der Waals surface area contributed by atoms with E-state index in [9.17, 15) is 103 Å². The summed E-state index contributed by atoms with van der Waals surface area (Å²) in [6, 6.07) is -0.217. The largest absolute Gasteiger partial charge is 0.460 e. The average Bonchev–Trinajstić information content (AvgIpc) is 2.96. The van der Waals surface area contributed by atoms with Gasteiger partial charge in [0, 0.05) is 6.92 Å². The number of nitrogens with one attached hydrogen (secondary N) is 1. The molecule has 1 aromatic carbocycles. The minimum absolute atomic E-state index is 0.217. The number of ether oxygens (including phenoxy) is 1. The molecule has 0 aliphatic rings. The molecule has 0 saturated carbocycles. The molecule has 1 N–H and O–H groups in total. The lowest BCUT2D eigenvalue weighted by Crippen LogP contribution is -2.76. The Hall–Kier alpha value is -4.55. The van der Waals surface area contributed by atoms with Gasteiger partial charge >= 0.3 is 65.4 Å². The maximum absolute atomic E-state index is 15.5. The van der Waals surface area contributed by atoms with Gasteiger partial charge in [0.05, 0.1) is 11.1 Å². The van der Waals surface area contributed by atoms with Gasteiger partial charge in [0.2, 0.25) is 12.2 Å². The topological polar surface area (TPSA) is 114 Å². The fourth-order valence-electron chi connectivity index (χ4n) is 3.64. The number of carbonyl (C=O) groups excluding carboxylic acids is 4. The SMILES string of the molecule is CC(=O)OCNC(=O)c1cc(C)c(N=C=O)c(N=C=O)c1C(F)(F)C(F)(F)C(F)(F)C(F)(F)C(F)(F)C(F)(F)C(F)(F)C(F)(F)C(F)(F)C(F)(F)F. The summed E-state index contributed by atoms with van der Waals surface area (Å²) in [6.07, 6.45) is -7.46. The van der Waals surface area contributed by atoms with Gasteiger partial charge in [-0.2, -0.15) is 102 Å². The number of benzene rings is 1. The van der Waals surface area contributed by atoms with Crippen LogP contribution < -0.4 is 5.32 Å². The molecule has 0 atom stereocenters. The second-order valence-electron chi connectivity index (χ2n) is 9.67. The van der Waals surface area contributed by atoms with Crippen molar-refractivity contribution in [3.05, 3.63) is 22.8 Å². The van der Waals surface area contributed by atoms with Gasteiger partial charge in [0.15, 0.2) is 6.73 Å². The molecule has 0 heterocycles. The van der Waals surface area contributed by atoms with E-state index in [1.165, 1.54) is 5.32 Å². The predicted molar refractivity (Wildman–Crippen MR) is 120 cm³/mol. The summed E-state index contributed by atoms with van der Waals surface area (Å²) < 4.78 is 297. The third-order valence-electron chi connectivity index (χ3n) is 6.36. The number of carbonyl (C=O) groups is 2. The standard InChI is InChI=1S/C23H10F21N3O5/c1-7-3-9(13(51)47-6-52-8(2)50)10(12(46-5-49)11(7)45-4-48)14(24,25)15(26,27)16(28,29)17(30,31)18(32,33)19(34,35)20(36,37)21(38,39)22(40,41)23(42,43)44/h3H,6H2,1-2H3,(H,47,51). The Labute approximate surface area is 270 Å². The fourth-order valence-corrected chi connectivity index (χ4v) is 3.64. The summed E-state index contributed by atoms with van der Waals surface area (Å²) in [5, 5.41) is 1.25. The number of alkyl halides is 21. The second kappa shape index (κ2) is 13.5. The molecule has 0 unspecified atom stereocenters. The lowest BCUT2D eigenvalue weighted by molar-refractivity contribution is -0.474. The normalized spacial score (nSPS) is 14.3. The van der Waals surface area contributed by atoms with Crippen molar-refractivity contribution in [2.45, 2.75) is 73.3 Å². The van der Waals surface area contributed by atoms with Gasteiger partial charge < -0.3 is 10.1 Å². The zero-order chi connectivity index (χ0) is 41.7. The Morgan fingerprint density at radius 1 is 0.615 bits per heavy atom. The zero-order valence-electron chi connectivity index (χ0n) is 24.2. The van der Waals surface area contributed by atoms with Gasteiger partial charge in [-0.05, 0) is 18.6 Å². The summed E-state index contributed by atoms with van der Waals surface area (Å²) >= 11 is 0. The van der Waals surface area contributed by atoms with Crippen LogP contribution in [0.1, 0.15) is 28.4 Å². The summed E-state index contributed by atoms with van der Waals surface area (Å²) in [6.45, 7) is -0.330. The first kappa shape index (κ1) is 45.5. The molecule has 0 fully saturated rings. The van der Waals surface area contributed by atoms with Crippen LogP contribution >= 0.6 is 0 Å². The van der Waals surface area contributed by atoms with Crippen molar-refractivity contribution in [1.29, 1.82) is 0 Å². The molecule has 1 amide bonds. The van der Waals surface area contributed by atoms with Crippen molar-refractivity contribution in [2.75, 3.05) is 6.73 Å². The number of aryl methyl sites for hydroxylation is 1. The van der Waals surface area contributed by atoms with Crippen molar-refractivity contribution >= 4 is 35.4 Å². The molecular formula is C23H10F21N3O5. The Balaban J connectivity index is 4.29. The molecule has 1 aromatic rings. The van der Waals surface area contributed by atoms with E-state index in [-0.39, 0.29) is 12.1 Å². The summed E-state index contributed by atoms with van der Waals surface area (Å²) in [5.74, 6) is -84.2. The van der Waals surface area contributed by atoms with Crippen LogP contribution in [-0.2, 0) is 25.0 Å². The van der Waals surface area contributed by atoms with Crippen LogP contribution in [0.25, 0.3) is 0 Å². The molecule has 29 heteroatoms. The minimum Gasteiger partial charge on any atom is -0.445 e. The molecule has 1 rings (SSSR count). The van der Waals surface area contributed by atoms with Crippen LogP contribution in [0.4, 0.5) is 104 Å². The van der Waals surface area contributed by atoms with Gasteiger partial charge in [0.1, 0.15) is 11.4 Å². The van der Waals surface area contributed by atoms with E-state index in [1.807, 2.05) is 0 Å². The van der Waals surface area contributed by atoms with Gasteiger partial charge in [-0.1, -0.05) is 0 Å². The average molecular weight is 807 g/mol. The molecule has 0 aromatic heterocycles. The number of aliphatic imine (C=N–C) groups is 2. The van der Waals surface area contributed by atoms with E-state index in [4.69, 9.17) is 0 Å². The summed E-state index contributed by atoms with van der Waals surface area (Å²) in [7, 11) is 0. The number of halogens is 21. The fraction of sp³-hybridized carbons (Fsp3) is 0.565. The van der Waals surface area contributed by atoms with Gasteiger partial charge in [0.25, 0.3) is 5.91 Å². The highest BCUT2D eigenvalue weighted by Crippen LogP contribution is 2.67. The van der Waals surface area contributed by atoms with Crippen molar-refractivity contribution in [1.82, 2.24) is 5.32 Å². The van der Waals surface area contributed by atoms with Crippen molar-refractivity contribution < 1.29 is 116 Å². The molecule has 52 heavy (non-hydrogen) atoms. The van der Waals surface area contributed by atoms with Crippen LogP contribution in [0.15, 0.2) is 16.1 Å². The number of hydrogen-bond acceptors (Lipinski definition) is 7. The van der Waals surface area contributed by atoms with Gasteiger partial charge in [-0.25, -0.2) is 9.59 Å². The van der Waals surface area contributed by atoms with E-state index in [1.54, 1.807) is 0 Å². The quantitative estimate of drug-likeness (QED) is 0.0675. The summed E-state index contributed by atoms with van der Waals surface area (Å²) in [4.78, 5) is 49.8. The summed E-state index contributed by atoms with van der Waals surface area (Å²) in [5.41, 5.74) is -10.8. The third-order valence-corrected chi connectivity index (χ3v) is 6.36. The van der Waals surface area contributed by atoms with Crippen molar-refractivity contribution in [3.63, 3.8) is 0 Å². The van der Waals surface area contributed by atoms with E-state index in [0.717, 1.165) is 0 Å². The van der Waals surface area contributed by atoms with Crippen LogP contribution in [0, 0.1) is 6.92 Å².